The molecule has 5 heteroatoms. The molecular weight excluding hydrogens is 244 g/mol. The first kappa shape index (κ1) is 13.7. The van der Waals surface area contributed by atoms with Crippen LogP contribution in [0, 0.1) is 0 Å². The molecule has 0 atom stereocenters. The van der Waals surface area contributed by atoms with Crippen molar-refractivity contribution in [1.29, 1.82) is 0 Å². The van der Waals surface area contributed by atoms with Crippen molar-refractivity contribution in [3.63, 3.8) is 0 Å². The zero-order chi connectivity index (χ0) is 13.5. The van der Waals surface area contributed by atoms with Crippen LogP contribution in [0.1, 0.15) is 18.4 Å². The highest BCUT2D eigenvalue weighted by Crippen LogP contribution is 2.32. The summed E-state index contributed by atoms with van der Waals surface area (Å²) in [7, 11) is 1.64. The molecule has 1 amide bonds. The summed E-state index contributed by atoms with van der Waals surface area (Å²) in [5.74, 6) is 1.68. The number of rotatable bonds is 5. The van der Waals surface area contributed by atoms with Crippen LogP contribution >= 0.6 is 0 Å². The molecule has 5 nitrogen and oxygen atoms in total. The zero-order valence-electron chi connectivity index (χ0n) is 11.2. The van der Waals surface area contributed by atoms with Crippen LogP contribution < -0.4 is 20.1 Å². The Kier molecular flexibility index (Phi) is 5.03. The number of nitrogens with one attached hydrogen (secondary N) is 2. The molecule has 2 N–H and O–H groups in total. The number of para-hydroxylation sites is 1. The molecule has 104 valence electrons. The van der Waals surface area contributed by atoms with Crippen molar-refractivity contribution in [1.82, 2.24) is 10.6 Å². The van der Waals surface area contributed by atoms with E-state index in [1.807, 2.05) is 18.2 Å². The van der Waals surface area contributed by atoms with Gasteiger partial charge < -0.3 is 20.1 Å². The summed E-state index contributed by atoms with van der Waals surface area (Å²) in [4.78, 5) is 11.1. The minimum absolute atomic E-state index is 0.0407. The number of fused-ring (bicyclic) bond motifs is 1. The molecule has 0 unspecified atom stereocenters. The van der Waals surface area contributed by atoms with Gasteiger partial charge in [0.15, 0.2) is 11.5 Å². The molecule has 1 aliphatic heterocycles. The Balaban J connectivity index is 1.91. The quantitative estimate of drug-likeness (QED) is 0.781. The maximum absolute atomic E-state index is 11.1. The number of hydrogen-bond donors (Lipinski definition) is 2. The van der Waals surface area contributed by atoms with E-state index in [2.05, 4.69) is 10.6 Å². The fourth-order valence-electron chi connectivity index (χ4n) is 1.94. The van der Waals surface area contributed by atoms with Crippen LogP contribution in [0.4, 0.5) is 0 Å². The average Bonchev–Trinajstić information content (AvgIpc) is 2.69. The van der Waals surface area contributed by atoms with Crippen LogP contribution in [0.3, 0.4) is 0 Å². The Morgan fingerprint density at radius 2 is 2.16 bits per heavy atom. The van der Waals surface area contributed by atoms with Gasteiger partial charge in [-0.1, -0.05) is 12.1 Å². The maximum Gasteiger partial charge on any atom is 0.221 e. The molecule has 0 aliphatic carbocycles. The topological polar surface area (TPSA) is 59.6 Å². The molecule has 1 heterocycles. The monoisotopic (exact) mass is 264 g/mol. The lowest BCUT2D eigenvalue weighted by Crippen LogP contribution is -2.24. The highest BCUT2D eigenvalue weighted by molar-refractivity contribution is 5.75. The zero-order valence-corrected chi connectivity index (χ0v) is 11.2. The number of amides is 1. The molecule has 1 aromatic rings. The molecule has 0 radical (unpaired) electrons. The second-order valence-corrected chi connectivity index (χ2v) is 4.39. The first-order valence-electron chi connectivity index (χ1n) is 6.60. The van der Waals surface area contributed by atoms with E-state index in [-0.39, 0.29) is 5.91 Å². The molecule has 0 saturated carbocycles. The van der Waals surface area contributed by atoms with Crippen molar-refractivity contribution in [2.45, 2.75) is 19.4 Å². The Morgan fingerprint density at radius 1 is 1.32 bits per heavy atom. The summed E-state index contributed by atoms with van der Waals surface area (Å²) in [6.07, 6.45) is 1.38. The lowest BCUT2D eigenvalue weighted by Gasteiger charge is -2.12. The van der Waals surface area contributed by atoms with Gasteiger partial charge in [-0.05, 0) is 6.07 Å². The number of carbonyl (C=O) groups excluding carboxylic acids is 1. The van der Waals surface area contributed by atoms with Gasteiger partial charge >= 0.3 is 0 Å². The van der Waals surface area contributed by atoms with Crippen LogP contribution in [0.25, 0.3) is 0 Å². The second kappa shape index (κ2) is 6.99. The third-order valence-corrected chi connectivity index (χ3v) is 2.98. The Morgan fingerprint density at radius 3 is 3.00 bits per heavy atom. The Bertz CT molecular complexity index is 435. The van der Waals surface area contributed by atoms with E-state index in [1.165, 1.54) is 0 Å². The predicted molar refractivity (Wildman–Crippen MR) is 72.4 cm³/mol. The second-order valence-electron chi connectivity index (χ2n) is 4.39. The molecular formula is C14H20N2O3. The van der Waals surface area contributed by atoms with Crippen LogP contribution in [0.15, 0.2) is 18.2 Å². The van der Waals surface area contributed by atoms with Gasteiger partial charge in [-0.3, -0.25) is 4.79 Å². The lowest BCUT2D eigenvalue weighted by molar-refractivity contribution is -0.120. The maximum atomic E-state index is 11.1. The number of benzene rings is 1. The molecule has 1 aromatic carbocycles. The SMILES string of the molecule is CNC(=O)CCNCc1cccc2c1OCCCO2. The van der Waals surface area contributed by atoms with E-state index in [1.54, 1.807) is 7.05 Å². The molecule has 0 spiro atoms. The summed E-state index contributed by atoms with van der Waals surface area (Å²) in [6, 6.07) is 5.90. The van der Waals surface area contributed by atoms with E-state index >= 15 is 0 Å². The van der Waals surface area contributed by atoms with Crippen molar-refractivity contribution in [2.24, 2.45) is 0 Å². The summed E-state index contributed by atoms with van der Waals surface area (Å²) in [5.41, 5.74) is 1.07. The molecule has 1 aliphatic rings. The highest BCUT2D eigenvalue weighted by Gasteiger charge is 2.13. The number of ether oxygens (including phenoxy) is 2. The van der Waals surface area contributed by atoms with Gasteiger partial charge in [0.05, 0.1) is 13.2 Å². The van der Waals surface area contributed by atoms with Gasteiger partial charge in [0.25, 0.3) is 0 Å². The van der Waals surface area contributed by atoms with E-state index in [4.69, 9.17) is 9.47 Å². The van der Waals surface area contributed by atoms with Crippen LogP contribution in [0.2, 0.25) is 0 Å². The minimum atomic E-state index is 0.0407. The summed E-state index contributed by atoms with van der Waals surface area (Å²) < 4.78 is 11.4. The van der Waals surface area contributed by atoms with Crippen molar-refractivity contribution in [3.8, 4) is 11.5 Å². The normalized spacial score (nSPS) is 13.7. The van der Waals surface area contributed by atoms with Gasteiger partial charge in [-0.15, -0.1) is 0 Å². The molecule has 0 saturated heterocycles. The van der Waals surface area contributed by atoms with E-state index in [0.29, 0.717) is 32.7 Å². The van der Waals surface area contributed by atoms with Crippen LogP contribution in [-0.2, 0) is 11.3 Å². The Labute approximate surface area is 113 Å². The van der Waals surface area contributed by atoms with Crippen molar-refractivity contribution in [2.75, 3.05) is 26.8 Å². The smallest absolute Gasteiger partial charge is 0.221 e. The molecule has 2 rings (SSSR count). The summed E-state index contributed by atoms with van der Waals surface area (Å²) in [5, 5.41) is 5.84. The first-order chi connectivity index (χ1) is 9.31. The molecule has 19 heavy (non-hydrogen) atoms. The van der Waals surface area contributed by atoms with Crippen molar-refractivity contribution in [3.05, 3.63) is 23.8 Å². The largest absolute Gasteiger partial charge is 0.490 e. The highest BCUT2D eigenvalue weighted by atomic mass is 16.5. The van der Waals surface area contributed by atoms with Crippen LogP contribution in [0.5, 0.6) is 11.5 Å². The Hall–Kier alpha value is -1.75. The van der Waals surface area contributed by atoms with Gasteiger partial charge in [0.2, 0.25) is 5.91 Å². The fraction of sp³-hybridized carbons (Fsp3) is 0.500. The van der Waals surface area contributed by atoms with E-state index < -0.39 is 0 Å². The van der Waals surface area contributed by atoms with Crippen LogP contribution in [-0.4, -0.2) is 32.7 Å². The molecule has 0 aromatic heterocycles. The predicted octanol–water partition coefficient (Wildman–Crippen LogP) is 1.07. The molecule has 0 bridgehead atoms. The van der Waals surface area contributed by atoms with Gasteiger partial charge in [-0.25, -0.2) is 0 Å². The molecule has 0 fully saturated rings. The first-order valence-corrected chi connectivity index (χ1v) is 6.60. The number of hydrogen-bond acceptors (Lipinski definition) is 4. The summed E-state index contributed by atoms with van der Waals surface area (Å²) >= 11 is 0. The van der Waals surface area contributed by atoms with E-state index in [9.17, 15) is 4.79 Å². The van der Waals surface area contributed by atoms with Gasteiger partial charge in [0.1, 0.15) is 0 Å². The van der Waals surface area contributed by atoms with Crippen molar-refractivity contribution >= 4 is 5.91 Å². The number of carbonyl (C=O) groups is 1. The third kappa shape index (κ3) is 3.86. The standard InChI is InChI=1S/C14H20N2O3/c1-15-13(17)6-7-16-10-11-4-2-5-12-14(11)19-9-3-8-18-12/h2,4-5,16H,3,6-10H2,1H3,(H,15,17). The van der Waals surface area contributed by atoms with Gasteiger partial charge in [0, 0.05) is 38.5 Å². The summed E-state index contributed by atoms with van der Waals surface area (Å²) in [6.45, 7) is 2.69. The lowest BCUT2D eigenvalue weighted by atomic mass is 10.2. The minimum Gasteiger partial charge on any atom is -0.490 e. The third-order valence-electron chi connectivity index (χ3n) is 2.98. The fourth-order valence-corrected chi connectivity index (χ4v) is 1.94. The van der Waals surface area contributed by atoms with Gasteiger partial charge in [-0.2, -0.15) is 0 Å². The van der Waals surface area contributed by atoms with Crippen molar-refractivity contribution < 1.29 is 14.3 Å². The van der Waals surface area contributed by atoms with E-state index in [0.717, 1.165) is 23.5 Å². The average molecular weight is 264 g/mol.